The number of aryl methyl sites for hydroxylation is 1. The summed E-state index contributed by atoms with van der Waals surface area (Å²) >= 11 is 0. The van der Waals surface area contributed by atoms with Gasteiger partial charge in [-0.1, -0.05) is 6.42 Å². The number of nitrogens with one attached hydrogen (secondary N) is 1. The highest BCUT2D eigenvalue weighted by molar-refractivity contribution is 5.91. The van der Waals surface area contributed by atoms with Crippen molar-refractivity contribution in [3.63, 3.8) is 0 Å². The van der Waals surface area contributed by atoms with Crippen LogP contribution in [0.1, 0.15) is 57.2 Å². The third-order valence-electron chi connectivity index (χ3n) is 6.48. The zero-order valence-electron chi connectivity index (χ0n) is 16.2. The molecule has 0 radical (unpaired) electrons. The zero-order valence-corrected chi connectivity index (χ0v) is 16.2. The molecular formula is C22H27FN4O. The smallest absolute Gasteiger partial charge is 0.224 e. The van der Waals surface area contributed by atoms with E-state index >= 15 is 0 Å². The Morgan fingerprint density at radius 1 is 1.14 bits per heavy atom. The van der Waals surface area contributed by atoms with Gasteiger partial charge < -0.3 is 9.88 Å². The monoisotopic (exact) mass is 382 g/mol. The van der Waals surface area contributed by atoms with Crippen molar-refractivity contribution >= 4 is 11.6 Å². The molecule has 2 aliphatic carbocycles. The maximum Gasteiger partial charge on any atom is 0.224 e. The lowest BCUT2D eigenvalue weighted by Gasteiger charge is -2.15. The number of anilines is 1. The van der Waals surface area contributed by atoms with Crippen LogP contribution >= 0.6 is 0 Å². The van der Waals surface area contributed by atoms with Crippen LogP contribution in [0.25, 0.3) is 11.4 Å². The molecule has 6 heteroatoms. The molecule has 0 spiro atoms. The van der Waals surface area contributed by atoms with Crippen LogP contribution in [0.15, 0.2) is 18.2 Å². The molecule has 1 aliphatic heterocycles. The minimum absolute atomic E-state index is 0.0430. The molecule has 1 amide bonds. The Labute approximate surface area is 164 Å². The second-order valence-corrected chi connectivity index (χ2v) is 8.69. The van der Waals surface area contributed by atoms with Crippen LogP contribution in [0.4, 0.5) is 10.1 Å². The number of rotatable bonds is 6. The van der Waals surface area contributed by atoms with Gasteiger partial charge in [-0.05, 0) is 74.5 Å². The van der Waals surface area contributed by atoms with Crippen LogP contribution < -0.4 is 5.32 Å². The molecule has 2 fully saturated rings. The third-order valence-corrected chi connectivity index (χ3v) is 6.48. The number of halogens is 1. The molecule has 2 saturated carbocycles. The van der Waals surface area contributed by atoms with E-state index in [1.54, 1.807) is 12.1 Å². The summed E-state index contributed by atoms with van der Waals surface area (Å²) in [4.78, 5) is 12.6. The fourth-order valence-corrected chi connectivity index (χ4v) is 4.65. The van der Waals surface area contributed by atoms with Crippen LogP contribution in [0, 0.1) is 23.6 Å². The van der Waals surface area contributed by atoms with E-state index in [4.69, 9.17) is 0 Å². The number of hydrogen-bond donors (Lipinski definition) is 1. The van der Waals surface area contributed by atoms with Gasteiger partial charge in [0.05, 0.1) is 5.56 Å². The highest BCUT2D eigenvalue weighted by atomic mass is 19.1. The van der Waals surface area contributed by atoms with E-state index in [-0.39, 0.29) is 11.7 Å². The molecule has 2 heterocycles. The summed E-state index contributed by atoms with van der Waals surface area (Å²) in [6.45, 7) is 0.818. The molecule has 28 heavy (non-hydrogen) atoms. The minimum Gasteiger partial charge on any atom is -0.326 e. The average Bonchev–Trinajstić information content (AvgIpc) is 3.59. The second kappa shape index (κ2) is 7.30. The van der Waals surface area contributed by atoms with E-state index in [1.165, 1.54) is 31.7 Å². The van der Waals surface area contributed by atoms with Gasteiger partial charge in [0, 0.05) is 25.1 Å². The van der Waals surface area contributed by atoms with Gasteiger partial charge in [0.2, 0.25) is 5.91 Å². The SMILES string of the molecule is O=C(CC(C1CC1)C1CC1)Nc1ccc(F)c(-c2nnc3n2CCCCC3)c1. The Morgan fingerprint density at radius 3 is 2.68 bits per heavy atom. The molecule has 0 saturated heterocycles. The number of amides is 1. The Kier molecular flexibility index (Phi) is 4.65. The van der Waals surface area contributed by atoms with E-state index in [0.29, 0.717) is 29.4 Å². The van der Waals surface area contributed by atoms with Gasteiger partial charge in [-0.2, -0.15) is 0 Å². The van der Waals surface area contributed by atoms with Crippen molar-refractivity contribution in [2.75, 3.05) is 5.32 Å². The van der Waals surface area contributed by atoms with Crippen molar-refractivity contribution in [1.82, 2.24) is 14.8 Å². The molecule has 0 atom stereocenters. The zero-order chi connectivity index (χ0) is 19.1. The van der Waals surface area contributed by atoms with Gasteiger partial charge in [-0.3, -0.25) is 4.79 Å². The Bertz CT molecular complexity index is 873. The van der Waals surface area contributed by atoms with Gasteiger partial charge in [-0.25, -0.2) is 4.39 Å². The number of nitrogens with zero attached hydrogens (tertiary/aromatic N) is 3. The number of carbonyl (C=O) groups excluding carboxylic acids is 1. The molecule has 0 unspecified atom stereocenters. The van der Waals surface area contributed by atoms with Gasteiger partial charge in [-0.15, -0.1) is 10.2 Å². The molecule has 148 valence electrons. The highest BCUT2D eigenvalue weighted by Gasteiger charge is 2.42. The van der Waals surface area contributed by atoms with Gasteiger partial charge in [0.1, 0.15) is 11.6 Å². The van der Waals surface area contributed by atoms with E-state index in [0.717, 1.165) is 49.9 Å². The third kappa shape index (κ3) is 3.69. The first-order valence-electron chi connectivity index (χ1n) is 10.7. The maximum absolute atomic E-state index is 14.6. The first kappa shape index (κ1) is 17.8. The van der Waals surface area contributed by atoms with Crippen LogP contribution in [0.5, 0.6) is 0 Å². The predicted octanol–water partition coefficient (Wildman–Crippen LogP) is 4.58. The summed E-state index contributed by atoms with van der Waals surface area (Å²) in [5, 5.41) is 11.5. The fraction of sp³-hybridized carbons (Fsp3) is 0.591. The van der Waals surface area contributed by atoms with Gasteiger partial charge in [0.15, 0.2) is 5.82 Å². The molecule has 5 rings (SSSR count). The van der Waals surface area contributed by atoms with E-state index in [2.05, 4.69) is 15.5 Å². The topological polar surface area (TPSA) is 59.8 Å². The van der Waals surface area contributed by atoms with Crippen molar-refractivity contribution in [2.24, 2.45) is 17.8 Å². The quantitative estimate of drug-likeness (QED) is 0.796. The number of fused-ring (bicyclic) bond motifs is 1. The Hall–Kier alpha value is -2.24. The number of aromatic nitrogens is 3. The number of benzene rings is 1. The summed E-state index contributed by atoms with van der Waals surface area (Å²) in [7, 11) is 0. The molecular weight excluding hydrogens is 355 g/mol. The van der Waals surface area contributed by atoms with Crippen molar-refractivity contribution in [3.05, 3.63) is 29.8 Å². The molecule has 0 bridgehead atoms. The molecule has 1 N–H and O–H groups in total. The standard InChI is InChI=1S/C22H27FN4O/c23-19-10-9-16(24-21(28)13-17(14-5-6-14)15-7-8-15)12-18(19)22-26-25-20-4-2-1-3-11-27(20)22/h9-10,12,14-15,17H,1-8,11,13H2,(H,24,28). The molecule has 1 aromatic heterocycles. The predicted molar refractivity (Wildman–Crippen MR) is 105 cm³/mol. The summed E-state index contributed by atoms with van der Waals surface area (Å²) in [5.41, 5.74) is 1.05. The van der Waals surface area contributed by atoms with Crippen molar-refractivity contribution < 1.29 is 9.18 Å². The van der Waals surface area contributed by atoms with E-state index < -0.39 is 0 Å². The van der Waals surface area contributed by atoms with Crippen molar-refractivity contribution in [3.8, 4) is 11.4 Å². The Balaban J connectivity index is 1.34. The van der Waals surface area contributed by atoms with Crippen molar-refractivity contribution in [2.45, 2.75) is 64.3 Å². The Morgan fingerprint density at radius 2 is 1.93 bits per heavy atom. The lowest BCUT2D eigenvalue weighted by Crippen LogP contribution is -2.19. The minimum atomic E-state index is -0.328. The number of carbonyl (C=O) groups is 1. The van der Waals surface area contributed by atoms with E-state index in [9.17, 15) is 9.18 Å². The highest BCUT2D eigenvalue weighted by Crippen LogP contribution is 2.50. The van der Waals surface area contributed by atoms with Gasteiger partial charge >= 0.3 is 0 Å². The van der Waals surface area contributed by atoms with Crippen LogP contribution in [-0.2, 0) is 17.8 Å². The summed E-state index contributed by atoms with van der Waals surface area (Å²) in [6, 6.07) is 4.76. The first-order valence-corrected chi connectivity index (χ1v) is 10.7. The molecule has 5 nitrogen and oxygen atoms in total. The number of hydrogen-bond acceptors (Lipinski definition) is 3. The fourth-order valence-electron chi connectivity index (χ4n) is 4.65. The van der Waals surface area contributed by atoms with Crippen LogP contribution in [0.3, 0.4) is 0 Å². The normalized spacial score (nSPS) is 19.4. The van der Waals surface area contributed by atoms with Crippen LogP contribution in [0.2, 0.25) is 0 Å². The summed E-state index contributed by atoms with van der Waals surface area (Å²) in [5.74, 6) is 3.24. The lowest BCUT2D eigenvalue weighted by atomic mass is 9.94. The average molecular weight is 382 g/mol. The van der Waals surface area contributed by atoms with Gasteiger partial charge in [0.25, 0.3) is 0 Å². The molecule has 1 aromatic carbocycles. The second-order valence-electron chi connectivity index (χ2n) is 8.69. The molecule has 3 aliphatic rings. The largest absolute Gasteiger partial charge is 0.326 e. The summed E-state index contributed by atoms with van der Waals surface area (Å²) in [6.07, 6.45) is 9.86. The molecule has 2 aromatic rings. The summed E-state index contributed by atoms with van der Waals surface area (Å²) < 4.78 is 16.6. The lowest BCUT2D eigenvalue weighted by molar-refractivity contribution is -0.117. The van der Waals surface area contributed by atoms with Crippen LogP contribution in [-0.4, -0.2) is 20.7 Å². The first-order chi connectivity index (χ1) is 13.7. The van der Waals surface area contributed by atoms with Crippen molar-refractivity contribution in [1.29, 1.82) is 0 Å². The van der Waals surface area contributed by atoms with E-state index in [1.807, 2.05) is 4.57 Å². The maximum atomic E-state index is 14.6.